The lowest BCUT2D eigenvalue weighted by atomic mass is 10.0. The summed E-state index contributed by atoms with van der Waals surface area (Å²) in [6.45, 7) is 0. The number of carbonyl (C=O) groups is 1. The van der Waals surface area contributed by atoms with Gasteiger partial charge in [0.2, 0.25) is 5.95 Å². The number of rotatable bonds is 2. The molecule has 0 bridgehead atoms. The molecule has 0 aliphatic rings. The fraction of sp³-hybridized carbons (Fsp3) is 0. The van der Waals surface area contributed by atoms with E-state index in [1.54, 1.807) is 0 Å². The van der Waals surface area contributed by atoms with Crippen molar-refractivity contribution in [3.8, 4) is 0 Å². The van der Waals surface area contributed by atoms with Crippen LogP contribution in [0.15, 0.2) is 30.5 Å². The lowest BCUT2D eigenvalue weighted by Gasteiger charge is -2.05. The summed E-state index contributed by atoms with van der Waals surface area (Å²) in [6.07, 6.45) is 0.645. The van der Waals surface area contributed by atoms with Crippen molar-refractivity contribution in [2.24, 2.45) is 0 Å². The molecule has 0 saturated heterocycles. The maximum atomic E-state index is 13.4. The van der Waals surface area contributed by atoms with Gasteiger partial charge in [-0.25, -0.2) is 9.37 Å². The predicted molar refractivity (Wildman–Crippen MR) is 64.0 cm³/mol. The highest BCUT2D eigenvalue weighted by atomic mass is 35.5. The van der Waals surface area contributed by atoms with Crippen molar-refractivity contribution in [3.05, 3.63) is 63.4 Å². The first-order valence-corrected chi connectivity index (χ1v) is 5.55. The normalized spacial score (nSPS) is 10.4. The molecule has 92 valence electrons. The van der Waals surface area contributed by atoms with Gasteiger partial charge in [0.1, 0.15) is 0 Å². The van der Waals surface area contributed by atoms with Gasteiger partial charge in [-0.15, -0.1) is 0 Å². The topological polar surface area (TPSA) is 30.0 Å². The average molecular weight is 288 g/mol. The molecule has 0 aliphatic carbocycles. The Labute approximate surface area is 111 Å². The minimum absolute atomic E-state index is 0.0468. The first-order chi connectivity index (χ1) is 8.49. The monoisotopic (exact) mass is 287 g/mol. The van der Waals surface area contributed by atoms with Crippen LogP contribution in [0.4, 0.5) is 8.78 Å². The summed E-state index contributed by atoms with van der Waals surface area (Å²) in [7, 11) is 0. The van der Waals surface area contributed by atoms with Crippen molar-refractivity contribution < 1.29 is 13.6 Å². The van der Waals surface area contributed by atoms with Crippen LogP contribution in [0.2, 0.25) is 10.0 Å². The lowest BCUT2D eigenvalue weighted by Crippen LogP contribution is -2.06. The van der Waals surface area contributed by atoms with Gasteiger partial charge in [0.25, 0.3) is 0 Å². The molecular formula is C12H5Cl2F2NO. The van der Waals surface area contributed by atoms with Crippen LogP contribution < -0.4 is 0 Å². The molecule has 0 spiro atoms. The Morgan fingerprint density at radius 1 is 1.11 bits per heavy atom. The number of nitrogens with zero attached hydrogens (tertiary/aromatic N) is 1. The minimum atomic E-state index is -0.940. The average Bonchev–Trinajstić information content (AvgIpc) is 2.31. The van der Waals surface area contributed by atoms with Crippen LogP contribution in [0.5, 0.6) is 0 Å². The minimum Gasteiger partial charge on any atom is -0.288 e. The molecule has 0 radical (unpaired) electrons. The van der Waals surface area contributed by atoms with Crippen LogP contribution in [-0.4, -0.2) is 10.8 Å². The predicted octanol–water partition coefficient (Wildman–Crippen LogP) is 3.90. The second kappa shape index (κ2) is 5.00. The van der Waals surface area contributed by atoms with Crippen molar-refractivity contribution >= 4 is 29.0 Å². The number of ketones is 1. The largest absolute Gasteiger partial charge is 0.288 e. The Bertz CT molecular complexity index is 631. The fourth-order valence-electron chi connectivity index (χ4n) is 1.41. The maximum absolute atomic E-state index is 13.4. The summed E-state index contributed by atoms with van der Waals surface area (Å²) >= 11 is 11.5. The number of pyridine rings is 1. The number of hydrogen-bond donors (Lipinski definition) is 0. The molecule has 2 rings (SSSR count). The molecule has 1 aromatic heterocycles. The number of hydrogen-bond acceptors (Lipinski definition) is 2. The van der Waals surface area contributed by atoms with Crippen LogP contribution in [0.1, 0.15) is 15.9 Å². The van der Waals surface area contributed by atoms with E-state index in [4.69, 9.17) is 23.2 Å². The molecular weight excluding hydrogens is 283 g/mol. The van der Waals surface area contributed by atoms with Crippen molar-refractivity contribution in [1.29, 1.82) is 0 Å². The summed E-state index contributed by atoms with van der Waals surface area (Å²) in [6, 6.07) is 4.87. The zero-order valence-corrected chi connectivity index (χ0v) is 10.3. The Balaban J connectivity index is 2.51. The maximum Gasteiger partial charge on any atom is 0.213 e. The number of benzene rings is 1. The van der Waals surface area contributed by atoms with Crippen molar-refractivity contribution in [2.75, 3.05) is 0 Å². The molecule has 6 heteroatoms. The summed E-state index contributed by atoms with van der Waals surface area (Å²) in [5, 5.41) is 0.419. The number of halogens is 4. The van der Waals surface area contributed by atoms with E-state index in [9.17, 15) is 13.6 Å². The van der Waals surface area contributed by atoms with Gasteiger partial charge in [0, 0.05) is 16.7 Å². The van der Waals surface area contributed by atoms with Crippen molar-refractivity contribution in [3.63, 3.8) is 0 Å². The first-order valence-electron chi connectivity index (χ1n) is 4.80. The van der Waals surface area contributed by atoms with Crippen LogP contribution >= 0.6 is 23.2 Å². The van der Waals surface area contributed by atoms with Gasteiger partial charge in [-0.05, 0) is 18.2 Å². The fourth-order valence-corrected chi connectivity index (χ4v) is 1.90. The molecule has 2 aromatic rings. The van der Waals surface area contributed by atoms with Gasteiger partial charge in [-0.2, -0.15) is 4.39 Å². The standard InChI is InChI=1S/C12H5Cl2F2NO/c13-6-1-2-7(9(14)3-6)12(18)8-4-11(16)17-5-10(8)15/h1-5H. The van der Waals surface area contributed by atoms with Gasteiger partial charge in [0.15, 0.2) is 11.6 Å². The van der Waals surface area contributed by atoms with Crippen LogP contribution in [0, 0.1) is 11.8 Å². The molecule has 1 heterocycles. The second-order valence-corrected chi connectivity index (χ2v) is 4.28. The molecule has 0 aliphatic heterocycles. The molecule has 0 unspecified atom stereocenters. The Kier molecular flexibility index (Phi) is 3.59. The summed E-state index contributed by atoms with van der Waals surface area (Å²) in [5.74, 6) is -2.58. The number of carbonyl (C=O) groups excluding carboxylic acids is 1. The van der Waals surface area contributed by atoms with Gasteiger partial charge >= 0.3 is 0 Å². The molecule has 0 atom stereocenters. The van der Waals surface area contributed by atoms with E-state index in [1.807, 2.05) is 0 Å². The molecule has 0 N–H and O–H groups in total. The molecule has 2 nitrogen and oxygen atoms in total. The molecule has 0 saturated carbocycles. The van der Waals surface area contributed by atoms with Crippen LogP contribution in [-0.2, 0) is 0 Å². The highest BCUT2D eigenvalue weighted by Gasteiger charge is 2.18. The van der Waals surface area contributed by atoms with Crippen LogP contribution in [0.25, 0.3) is 0 Å². The van der Waals surface area contributed by atoms with E-state index < -0.39 is 23.1 Å². The third-order valence-electron chi connectivity index (χ3n) is 2.24. The molecule has 18 heavy (non-hydrogen) atoms. The number of aromatic nitrogens is 1. The smallest absolute Gasteiger partial charge is 0.213 e. The van der Waals surface area contributed by atoms with Gasteiger partial charge in [-0.3, -0.25) is 4.79 Å². The second-order valence-electron chi connectivity index (χ2n) is 3.44. The van der Waals surface area contributed by atoms with Crippen molar-refractivity contribution in [1.82, 2.24) is 4.98 Å². The summed E-state index contributed by atoms with van der Waals surface area (Å²) in [4.78, 5) is 15.1. The molecule has 1 aromatic carbocycles. The Morgan fingerprint density at radius 3 is 2.50 bits per heavy atom. The van der Waals surface area contributed by atoms with E-state index >= 15 is 0 Å². The third kappa shape index (κ3) is 2.49. The van der Waals surface area contributed by atoms with Gasteiger partial charge in [0.05, 0.1) is 16.8 Å². The zero-order valence-electron chi connectivity index (χ0n) is 8.75. The first kappa shape index (κ1) is 12.9. The van der Waals surface area contributed by atoms with E-state index in [1.165, 1.54) is 18.2 Å². The quantitative estimate of drug-likeness (QED) is 0.619. The molecule has 0 fully saturated rings. The Morgan fingerprint density at radius 2 is 1.83 bits per heavy atom. The summed E-state index contributed by atoms with van der Waals surface area (Å²) in [5.41, 5.74) is -0.378. The van der Waals surface area contributed by atoms with Gasteiger partial charge < -0.3 is 0 Å². The highest BCUT2D eigenvalue weighted by molar-refractivity contribution is 6.37. The van der Waals surface area contributed by atoms with E-state index in [0.29, 0.717) is 11.2 Å². The van der Waals surface area contributed by atoms with Gasteiger partial charge in [-0.1, -0.05) is 23.2 Å². The van der Waals surface area contributed by atoms with E-state index in [0.717, 1.165) is 6.07 Å². The Hall–Kier alpha value is -1.52. The van der Waals surface area contributed by atoms with E-state index in [2.05, 4.69) is 4.98 Å². The van der Waals surface area contributed by atoms with Crippen LogP contribution in [0.3, 0.4) is 0 Å². The third-order valence-corrected chi connectivity index (χ3v) is 2.79. The SMILES string of the molecule is O=C(c1cc(F)ncc1F)c1ccc(Cl)cc1Cl. The van der Waals surface area contributed by atoms with E-state index in [-0.39, 0.29) is 10.6 Å². The highest BCUT2D eigenvalue weighted by Crippen LogP contribution is 2.24. The van der Waals surface area contributed by atoms with Crippen molar-refractivity contribution in [2.45, 2.75) is 0 Å². The molecule has 0 amide bonds. The summed E-state index contributed by atoms with van der Waals surface area (Å²) < 4.78 is 26.3. The lowest BCUT2D eigenvalue weighted by molar-refractivity contribution is 0.103. The zero-order chi connectivity index (χ0) is 13.3.